The van der Waals surface area contributed by atoms with Crippen LogP contribution in [0.2, 0.25) is 0 Å². The molecule has 76 valence electrons. The van der Waals surface area contributed by atoms with E-state index in [1.54, 1.807) is 6.92 Å². The van der Waals surface area contributed by atoms with Crippen LogP contribution in [-0.4, -0.2) is 34.7 Å². The number of aliphatic hydroxyl groups excluding tert-OH is 1. The first kappa shape index (κ1) is 11.9. The predicted octanol–water partition coefficient (Wildman–Crippen LogP) is -0.262. The molecule has 0 aromatic heterocycles. The molecule has 5 nitrogen and oxygen atoms in total. The highest BCUT2D eigenvalue weighted by Crippen LogP contribution is 1.95. The van der Waals surface area contributed by atoms with Gasteiger partial charge in [0.05, 0.1) is 6.61 Å². The first-order chi connectivity index (χ1) is 6.06. The van der Waals surface area contributed by atoms with E-state index in [1.165, 1.54) is 0 Å². The average Bonchev–Trinajstić information content (AvgIpc) is 2.03. The summed E-state index contributed by atoms with van der Waals surface area (Å²) in [4.78, 5) is 21.1. The van der Waals surface area contributed by atoms with Crippen LogP contribution in [0.5, 0.6) is 0 Å². The van der Waals surface area contributed by atoms with E-state index < -0.39 is 5.97 Å². The molecule has 0 rings (SSSR count). The third-order valence-electron chi connectivity index (χ3n) is 1.48. The first-order valence-electron chi connectivity index (χ1n) is 4.18. The van der Waals surface area contributed by atoms with Crippen LogP contribution in [0.1, 0.15) is 26.2 Å². The maximum atomic E-state index is 11.0. The summed E-state index contributed by atoms with van der Waals surface area (Å²) in [5, 5.41) is 19.4. The van der Waals surface area contributed by atoms with Crippen LogP contribution < -0.4 is 5.32 Å². The number of hydrogen-bond donors (Lipinski definition) is 3. The van der Waals surface area contributed by atoms with Crippen molar-refractivity contribution in [3.8, 4) is 0 Å². The largest absolute Gasteiger partial charge is 0.481 e. The van der Waals surface area contributed by atoms with Crippen molar-refractivity contribution in [1.29, 1.82) is 0 Å². The van der Waals surface area contributed by atoms with Crippen molar-refractivity contribution in [1.82, 2.24) is 5.32 Å². The minimum atomic E-state index is -0.900. The minimum Gasteiger partial charge on any atom is -0.481 e. The molecule has 1 amide bonds. The van der Waals surface area contributed by atoms with Crippen LogP contribution in [-0.2, 0) is 9.59 Å². The lowest BCUT2D eigenvalue weighted by Gasteiger charge is -2.09. The molecule has 0 aromatic rings. The summed E-state index contributed by atoms with van der Waals surface area (Å²) in [6.45, 7) is 1.57. The number of nitrogens with one attached hydrogen (secondary N) is 1. The summed E-state index contributed by atoms with van der Waals surface area (Å²) in [7, 11) is 0. The molecule has 5 heteroatoms. The number of aliphatic carboxylic acids is 1. The fourth-order valence-electron chi connectivity index (χ4n) is 0.793. The van der Waals surface area contributed by atoms with Gasteiger partial charge in [-0.15, -0.1) is 0 Å². The topological polar surface area (TPSA) is 86.6 Å². The van der Waals surface area contributed by atoms with Crippen molar-refractivity contribution in [3.05, 3.63) is 0 Å². The molecule has 0 aromatic carbocycles. The van der Waals surface area contributed by atoms with Crippen LogP contribution in [0, 0.1) is 0 Å². The van der Waals surface area contributed by atoms with Gasteiger partial charge in [0.25, 0.3) is 0 Å². The maximum absolute atomic E-state index is 11.0. The molecule has 0 aliphatic rings. The van der Waals surface area contributed by atoms with E-state index in [1.807, 2.05) is 0 Å². The summed E-state index contributed by atoms with van der Waals surface area (Å²) < 4.78 is 0. The van der Waals surface area contributed by atoms with E-state index in [0.717, 1.165) is 0 Å². The van der Waals surface area contributed by atoms with Gasteiger partial charge >= 0.3 is 5.97 Å². The molecule has 0 radical (unpaired) electrons. The van der Waals surface area contributed by atoms with Crippen molar-refractivity contribution in [2.75, 3.05) is 6.61 Å². The van der Waals surface area contributed by atoms with Gasteiger partial charge in [-0.3, -0.25) is 9.59 Å². The zero-order valence-electron chi connectivity index (χ0n) is 7.62. The van der Waals surface area contributed by atoms with E-state index in [9.17, 15) is 9.59 Å². The smallest absolute Gasteiger partial charge is 0.303 e. The Morgan fingerprint density at radius 1 is 1.38 bits per heavy atom. The van der Waals surface area contributed by atoms with E-state index in [0.29, 0.717) is 6.42 Å². The normalized spacial score (nSPS) is 12.2. The SMILES string of the molecule is C[C@@H](CO)NC(=O)CCCC(=O)O. The Bertz CT molecular complexity index is 181. The van der Waals surface area contributed by atoms with E-state index in [4.69, 9.17) is 10.2 Å². The van der Waals surface area contributed by atoms with Crippen molar-refractivity contribution in [2.45, 2.75) is 32.2 Å². The highest BCUT2D eigenvalue weighted by Gasteiger charge is 2.06. The highest BCUT2D eigenvalue weighted by molar-refractivity contribution is 5.77. The van der Waals surface area contributed by atoms with E-state index in [2.05, 4.69) is 5.32 Å². The standard InChI is InChI=1S/C8H15NO4/c1-6(5-10)9-7(11)3-2-4-8(12)13/h6,10H,2-5H2,1H3,(H,9,11)(H,12,13)/t6-/m0/s1. The molecule has 0 heterocycles. The quantitative estimate of drug-likeness (QED) is 0.537. The average molecular weight is 189 g/mol. The lowest BCUT2D eigenvalue weighted by Crippen LogP contribution is -2.34. The zero-order chi connectivity index (χ0) is 10.3. The number of rotatable bonds is 6. The molecule has 3 N–H and O–H groups in total. The number of carbonyl (C=O) groups is 2. The number of hydrogen-bond acceptors (Lipinski definition) is 3. The van der Waals surface area contributed by atoms with Crippen LogP contribution >= 0.6 is 0 Å². The van der Waals surface area contributed by atoms with Crippen LogP contribution in [0.15, 0.2) is 0 Å². The van der Waals surface area contributed by atoms with Gasteiger partial charge in [0.1, 0.15) is 0 Å². The molecule has 0 saturated carbocycles. The van der Waals surface area contributed by atoms with Gasteiger partial charge in [0.2, 0.25) is 5.91 Å². The molecule has 0 bridgehead atoms. The molecule has 0 aliphatic heterocycles. The summed E-state index contributed by atoms with van der Waals surface area (Å²) in [5.74, 6) is -1.12. The van der Waals surface area contributed by atoms with Crippen LogP contribution in [0.25, 0.3) is 0 Å². The Balaban J connectivity index is 3.46. The Kier molecular flexibility index (Phi) is 5.88. The van der Waals surface area contributed by atoms with Crippen LogP contribution in [0.4, 0.5) is 0 Å². The molecule has 1 atom stereocenters. The van der Waals surface area contributed by atoms with Gasteiger partial charge in [0.15, 0.2) is 0 Å². The lowest BCUT2D eigenvalue weighted by molar-refractivity contribution is -0.137. The van der Waals surface area contributed by atoms with Crippen molar-refractivity contribution >= 4 is 11.9 Å². The van der Waals surface area contributed by atoms with Crippen molar-refractivity contribution in [3.63, 3.8) is 0 Å². The highest BCUT2D eigenvalue weighted by atomic mass is 16.4. The minimum absolute atomic E-state index is 0.000919. The monoisotopic (exact) mass is 189 g/mol. The zero-order valence-corrected chi connectivity index (χ0v) is 7.62. The second-order valence-corrected chi connectivity index (χ2v) is 2.90. The van der Waals surface area contributed by atoms with Gasteiger partial charge in [-0.25, -0.2) is 0 Å². The summed E-state index contributed by atoms with van der Waals surface area (Å²) in [5.41, 5.74) is 0. The number of carboxylic acid groups (broad SMARTS) is 1. The fourth-order valence-corrected chi connectivity index (χ4v) is 0.793. The molecule has 0 spiro atoms. The van der Waals surface area contributed by atoms with Crippen molar-refractivity contribution < 1.29 is 19.8 Å². The Morgan fingerprint density at radius 3 is 2.46 bits per heavy atom. The number of amides is 1. The van der Waals surface area contributed by atoms with Gasteiger partial charge < -0.3 is 15.5 Å². The Morgan fingerprint density at radius 2 is 2.00 bits per heavy atom. The molecule has 0 fully saturated rings. The first-order valence-corrected chi connectivity index (χ1v) is 4.18. The van der Waals surface area contributed by atoms with Crippen molar-refractivity contribution in [2.24, 2.45) is 0 Å². The maximum Gasteiger partial charge on any atom is 0.303 e. The van der Waals surface area contributed by atoms with E-state index >= 15 is 0 Å². The molecular weight excluding hydrogens is 174 g/mol. The molecular formula is C8H15NO4. The van der Waals surface area contributed by atoms with Gasteiger partial charge in [-0.2, -0.15) is 0 Å². The third-order valence-corrected chi connectivity index (χ3v) is 1.48. The molecule has 0 unspecified atom stereocenters. The van der Waals surface area contributed by atoms with Gasteiger partial charge in [-0.05, 0) is 13.3 Å². The van der Waals surface area contributed by atoms with Crippen LogP contribution in [0.3, 0.4) is 0 Å². The summed E-state index contributed by atoms with van der Waals surface area (Å²) in [6.07, 6.45) is 0.525. The van der Waals surface area contributed by atoms with Gasteiger partial charge in [-0.1, -0.05) is 0 Å². The number of aliphatic hydroxyl groups is 1. The number of carboxylic acids is 1. The molecule has 0 aliphatic carbocycles. The fraction of sp³-hybridized carbons (Fsp3) is 0.750. The Labute approximate surface area is 76.8 Å². The summed E-state index contributed by atoms with van der Waals surface area (Å²) >= 11 is 0. The van der Waals surface area contributed by atoms with E-state index in [-0.39, 0.29) is 31.4 Å². The lowest BCUT2D eigenvalue weighted by atomic mass is 10.2. The van der Waals surface area contributed by atoms with Gasteiger partial charge in [0, 0.05) is 18.9 Å². The summed E-state index contributed by atoms with van der Waals surface area (Å²) in [6, 6.07) is -0.266. The third kappa shape index (κ3) is 7.27. The second-order valence-electron chi connectivity index (χ2n) is 2.90. The second kappa shape index (κ2) is 6.42. The number of carbonyl (C=O) groups excluding carboxylic acids is 1. The molecule has 13 heavy (non-hydrogen) atoms. The Hall–Kier alpha value is -1.10. The predicted molar refractivity (Wildman–Crippen MR) is 46.2 cm³/mol. The molecule has 0 saturated heterocycles.